The van der Waals surface area contributed by atoms with E-state index in [1.165, 1.54) is 24.5 Å². The molecule has 0 radical (unpaired) electrons. The summed E-state index contributed by atoms with van der Waals surface area (Å²) in [5.74, 6) is 0.150. The highest BCUT2D eigenvalue weighted by Crippen LogP contribution is 2.35. The third-order valence-corrected chi connectivity index (χ3v) is 3.66. The maximum atomic E-state index is 12.8. The highest BCUT2D eigenvalue weighted by Gasteiger charge is 2.32. The molecule has 0 bridgehead atoms. The third-order valence-electron chi connectivity index (χ3n) is 2.70. The molecule has 2 aromatic rings. The molecule has 0 amide bonds. The van der Waals surface area contributed by atoms with E-state index in [1.54, 1.807) is 6.07 Å². The van der Waals surface area contributed by atoms with E-state index in [4.69, 9.17) is 10.5 Å². The molecule has 0 aliphatic carbocycles. The summed E-state index contributed by atoms with van der Waals surface area (Å²) in [5, 5.41) is 1.83. The van der Waals surface area contributed by atoms with Crippen LogP contribution in [0, 0.1) is 0 Å². The van der Waals surface area contributed by atoms with E-state index in [0.29, 0.717) is 5.56 Å². The molecular weight excluding hydrogens is 275 g/mol. The second-order valence-corrected chi connectivity index (χ2v) is 4.96. The largest absolute Gasteiger partial charge is 0.497 e. The van der Waals surface area contributed by atoms with Gasteiger partial charge in [-0.3, -0.25) is 0 Å². The van der Waals surface area contributed by atoms with E-state index in [0.717, 1.165) is 17.0 Å². The second-order valence-electron chi connectivity index (χ2n) is 3.99. The van der Waals surface area contributed by atoms with Crippen molar-refractivity contribution in [3.05, 3.63) is 51.7 Å². The normalized spacial score (nSPS) is 13.3. The predicted molar refractivity (Wildman–Crippen MR) is 68.3 cm³/mol. The van der Waals surface area contributed by atoms with Crippen LogP contribution >= 0.6 is 11.3 Å². The fourth-order valence-corrected chi connectivity index (χ4v) is 2.47. The van der Waals surface area contributed by atoms with Gasteiger partial charge in [-0.1, -0.05) is 6.07 Å². The van der Waals surface area contributed by atoms with Crippen molar-refractivity contribution >= 4 is 11.3 Å². The van der Waals surface area contributed by atoms with E-state index in [9.17, 15) is 13.2 Å². The molecule has 1 aromatic carbocycles. The number of alkyl halides is 3. The third kappa shape index (κ3) is 3.08. The molecule has 0 unspecified atom stereocenters. The first-order valence-corrected chi connectivity index (χ1v) is 6.35. The van der Waals surface area contributed by atoms with E-state index in [-0.39, 0.29) is 5.75 Å². The van der Waals surface area contributed by atoms with Crippen LogP contribution in [0.2, 0.25) is 0 Å². The van der Waals surface area contributed by atoms with Crippen LogP contribution in [-0.2, 0) is 6.18 Å². The number of hydrogen-bond acceptors (Lipinski definition) is 3. The minimum Gasteiger partial charge on any atom is -0.497 e. The molecule has 0 fully saturated rings. The molecule has 19 heavy (non-hydrogen) atoms. The topological polar surface area (TPSA) is 35.2 Å². The van der Waals surface area contributed by atoms with Gasteiger partial charge in [-0.25, -0.2) is 0 Å². The molecule has 1 atom stereocenters. The van der Waals surface area contributed by atoms with Gasteiger partial charge in [0.05, 0.1) is 18.7 Å². The zero-order valence-corrected chi connectivity index (χ0v) is 10.9. The van der Waals surface area contributed by atoms with Crippen LogP contribution in [-0.4, -0.2) is 7.11 Å². The molecule has 2 rings (SSSR count). The zero-order valence-electron chi connectivity index (χ0n) is 10.1. The maximum Gasteiger partial charge on any atom is 0.416 e. The van der Waals surface area contributed by atoms with Gasteiger partial charge in [-0.05, 0) is 35.2 Å². The van der Waals surface area contributed by atoms with Crippen LogP contribution in [0.15, 0.2) is 35.7 Å². The maximum absolute atomic E-state index is 12.8. The van der Waals surface area contributed by atoms with Gasteiger partial charge in [-0.2, -0.15) is 13.2 Å². The minimum atomic E-state index is -4.42. The first-order chi connectivity index (χ1) is 8.91. The summed E-state index contributed by atoms with van der Waals surface area (Å²) in [6.07, 6.45) is -4.42. The van der Waals surface area contributed by atoms with Crippen LogP contribution < -0.4 is 10.5 Å². The van der Waals surface area contributed by atoms with Crippen molar-refractivity contribution in [2.45, 2.75) is 12.2 Å². The summed E-state index contributed by atoms with van der Waals surface area (Å²) in [7, 11) is 1.33. The molecular formula is C13H12F3NOS. The molecule has 0 saturated heterocycles. The molecule has 1 heterocycles. The average Bonchev–Trinajstić information content (AvgIpc) is 2.90. The monoisotopic (exact) mass is 287 g/mol. The number of nitrogens with two attached hydrogens (primary N) is 1. The number of benzene rings is 1. The van der Waals surface area contributed by atoms with Gasteiger partial charge < -0.3 is 10.5 Å². The molecule has 0 aliphatic heterocycles. The highest BCUT2D eigenvalue weighted by molar-refractivity contribution is 7.10. The zero-order chi connectivity index (χ0) is 14.0. The van der Waals surface area contributed by atoms with E-state index >= 15 is 0 Å². The SMILES string of the molecule is COc1cc([C@H](N)c2cccs2)cc(C(F)(F)F)c1. The van der Waals surface area contributed by atoms with Gasteiger partial charge in [0.1, 0.15) is 5.75 Å². The van der Waals surface area contributed by atoms with Crippen molar-refractivity contribution in [1.82, 2.24) is 0 Å². The molecule has 0 spiro atoms. The van der Waals surface area contributed by atoms with Crippen molar-refractivity contribution in [2.24, 2.45) is 5.73 Å². The summed E-state index contributed by atoms with van der Waals surface area (Å²) < 4.78 is 43.3. The molecule has 102 valence electrons. The summed E-state index contributed by atoms with van der Waals surface area (Å²) in [4.78, 5) is 0.807. The Balaban J connectivity index is 2.45. The lowest BCUT2D eigenvalue weighted by molar-refractivity contribution is -0.137. The van der Waals surface area contributed by atoms with E-state index in [1.807, 2.05) is 11.4 Å². The van der Waals surface area contributed by atoms with Gasteiger partial charge in [0, 0.05) is 4.88 Å². The van der Waals surface area contributed by atoms with Gasteiger partial charge in [0.25, 0.3) is 0 Å². The fourth-order valence-electron chi connectivity index (χ4n) is 1.72. The molecule has 0 saturated carbocycles. The van der Waals surface area contributed by atoms with Crippen molar-refractivity contribution < 1.29 is 17.9 Å². The van der Waals surface area contributed by atoms with Crippen LogP contribution in [0.1, 0.15) is 22.0 Å². The van der Waals surface area contributed by atoms with Crippen molar-refractivity contribution in [1.29, 1.82) is 0 Å². The Morgan fingerprint density at radius 3 is 2.53 bits per heavy atom. The Kier molecular flexibility index (Phi) is 3.82. The lowest BCUT2D eigenvalue weighted by Gasteiger charge is -2.15. The fraction of sp³-hybridized carbons (Fsp3) is 0.231. The van der Waals surface area contributed by atoms with E-state index in [2.05, 4.69) is 0 Å². The van der Waals surface area contributed by atoms with Gasteiger partial charge in [-0.15, -0.1) is 11.3 Å². The van der Waals surface area contributed by atoms with Crippen molar-refractivity contribution in [2.75, 3.05) is 7.11 Å². The Hall–Kier alpha value is -1.53. The Labute approximate surface area is 112 Å². The lowest BCUT2D eigenvalue weighted by Crippen LogP contribution is -2.13. The number of rotatable bonds is 3. The van der Waals surface area contributed by atoms with Crippen LogP contribution in [0.3, 0.4) is 0 Å². The first kappa shape index (κ1) is 13.9. The number of hydrogen-bond donors (Lipinski definition) is 1. The quantitative estimate of drug-likeness (QED) is 0.931. The second kappa shape index (κ2) is 5.22. The Bertz CT molecular complexity index is 552. The molecule has 2 N–H and O–H groups in total. The summed E-state index contributed by atoms with van der Waals surface area (Å²) in [5.41, 5.74) is 5.61. The summed E-state index contributed by atoms with van der Waals surface area (Å²) in [6, 6.07) is 6.57. The van der Waals surface area contributed by atoms with Crippen molar-refractivity contribution in [3.63, 3.8) is 0 Å². The highest BCUT2D eigenvalue weighted by atomic mass is 32.1. The molecule has 2 nitrogen and oxygen atoms in total. The van der Waals surface area contributed by atoms with Gasteiger partial charge >= 0.3 is 6.18 Å². The van der Waals surface area contributed by atoms with Crippen LogP contribution in [0.4, 0.5) is 13.2 Å². The molecule has 0 aliphatic rings. The Morgan fingerprint density at radius 1 is 1.26 bits per heavy atom. The summed E-state index contributed by atoms with van der Waals surface area (Å²) in [6.45, 7) is 0. The van der Waals surface area contributed by atoms with Crippen LogP contribution in [0.25, 0.3) is 0 Å². The standard InChI is InChI=1S/C13H12F3NOS/c1-18-10-6-8(5-9(7-10)13(14,15)16)12(17)11-3-2-4-19-11/h2-7,12H,17H2,1H3/t12-/m0/s1. The number of thiophene rings is 1. The Morgan fingerprint density at radius 2 is 2.00 bits per heavy atom. The molecule has 6 heteroatoms. The number of methoxy groups -OCH3 is 1. The average molecular weight is 287 g/mol. The number of halogens is 3. The van der Waals surface area contributed by atoms with Crippen LogP contribution in [0.5, 0.6) is 5.75 Å². The van der Waals surface area contributed by atoms with E-state index < -0.39 is 17.8 Å². The van der Waals surface area contributed by atoms with Crippen molar-refractivity contribution in [3.8, 4) is 5.75 Å². The summed E-state index contributed by atoms with van der Waals surface area (Å²) >= 11 is 1.41. The lowest BCUT2D eigenvalue weighted by atomic mass is 10.0. The van der Waals surface area contributed by atoms with Gasteiger partial charge in [0.15, 0.2) is 0 Å². The predicted octanol–water partition coefficient (Wildman–Crippen LogP) is 3.82. The number of ether oxygens (including phenoxy) is 1. The molecule has 1 aromatic heterocycles. The smallest absolute Gasteiger partial charge is 0.416 e. The first-order valence-electron chi connectivity index (χ1n) is 5.47. The minimum absolute atomic E-state index is 0.150. The van der Waals surface area contributed by atoms with Gasteiger partial charge in [0.2, 0.25) is 0 Å².